The predicted octanol–water partition coefficient (Wildman–Crippen LogP) is 0.0591. The van der Waals surface area contributed by atoms with E-state index in [0.29, 0.717) is 23.5 Å². The third-order valence-electron chi connectivity index (χ3n) is 2.41. The van der Waals surface area contributed by atoms with E-state index >= 15 is 0 Å². The maximum Gasteiger partial charge on any atom is 0.256 e. The third kappa shape index (κ3) is 3.38. The molecule has 0 aromatic heterocycles. The van der Waals surface area contributed by atoms with Crippen molar-refractivity contribution in [1.29, 1.82) is 0 Å². The zero-order valence-electron chi connectivity index (χ0n) is 10.6. The number of nitrogens with one attached hydrogen (secondary N) is 1. The van der Waals surface area contributed by atoms with Gasteiger partial charge in [0.1, 0.15) is 0 Å². The third-order valence-corrected chi connectivity index (χ3v) is 2.41. The number of anilines is 2. The number of rotatable bonds is 4. The fourth-order valence-electron chi connectivity index (χ4n) is 1.52. The molecule has 18 heavy (non-hydrogen) atoms. The van der Waals surface area contributed by atoms with Crippen LogP contribution in [-0.4, -0.2) is 36.9 Å². The lowest BCUT2D eigenvalue weighted by Crippen LogP contribution is -2.38. The number of nitrogens with zero attached hydrogens (tertiary/aromatic N) is 1. The number of benzene rings is 1. The van der Waals surface area contributed by atoms with Gasteiger partial charge in [-0.1, -0.05) is 0 Å². The highest BCUT2D eigenvalue weighted by molar-refractivity contribution is 6.01. The molecular weight excluding hydrogens is 232 g/mol. The van der Waals surface area contributed by atoms with Gasteiger partial charge >= 0.3 is 0 Å². The minimum Gasteiger partial charge on any atom is -0.399 e. The quantitative estimate of drug-likeness (QED) is 0.657. The molecule has 0 atom stereocenters. The molecule has 1 aromatic rings. The first-order valence-electron chi connectivity index (χ1n) is 5.62. The number of carbonyl (C=O) groups excluding carboxylic acids is 2. The van der Waals surface area contributed by atoms with E-state index < -0.39 is 0 Å². The lowest BCUT2D eigenvalue weighted by molar-refractivity contribution is -0.121. The highest BCUT2D eigenvalue weighted by atomic mass is 16.2. The highest BCUT2D eigenvalue weighted by Gasteiger charge is 2.16. The minimum absolute atomic E-state index is 0.00348. The number of likely N-dealkylation sites (N-methyl/N-ethyl adjacent to an activating group) is 2. The van der Waals surface area contributed by atoms with Crippen LogP contribution < -0.4 is 16.8 Å². The predicted molar refractivity (Wildman–Crippen MR) is 70.9 cm³/mol. The van der Waals surface area contributed by atoms with Gasteiger partial charge in [0.15, 0.2) is 0 Å². The van der Waals surface area contributed by atoms with Gasteiger partial charge in [-0.05, 0) is 25.1 Å². The summed E-state index contributed by atoms with van der Waals surface area (Å²) in [7, 11) is 1.55. The maximum absolute atomic E-state index is 12.0. The van der Waals surface area contributed by atoms with E-state index in [4.69, 9.17) is 11.5 Å². The SMILES string of the molecule is CCNC(=O)CN(C)C(=O)c1ccc(N)cc1N. The molecule has 6 nitrogen and oxygen atoms in total. The number of nitrogen functional groups attached to an aromatic ring is 2. The van der Waals surface area contributed by atoms with Crippen LogP contribution in [0.2, 0.25) is 0 Å². The van der Waals surface area contributed by atoms with E-state index in [-0.39, 0.29) is 18.4 Å². The van der Waals surface area contributed by atoms with Crippen LogP contribution in [0.3, 0.4) is 0 Å². The Morgan fingerprint density at radius 1 is 1.33 bits per heavy atom. The Morgan fingerprint density at radius 3 is 2.56 bits per heavy atom. The van der Waals surface area contributed by atoms with Gasteiger partial charge in [-0.3, -0.25) is 9.59 Å². The van der Waals surface area contributed by atoms with Gasteiger partial charge in [-0.15, -0.1) is 0 Å². The molecule has 0 radical (unpaired) electrons. The van der Waals surface area contributed by atoms with Crippen molar-refractivity contribution < 1.29 is 9.59 Å². The molecule has 1 rings (SSSR count). The van der Waals surface area contributed by atoms with E-state index in [0.717, 1.165) is 0 Å². The van der Waals surface area contributed by atoms with Crippen LogP contribution in [-0.2, 0) is 4.79 Å². The fourth-order valence-corrected chi connectivity index (χ4v) is 1.52. The van der Waals surface area contributed by atoms with E-state index in [1.807, 2.05) is 6.92 Å². The Morgan fingerprint density at radius 2 is 2.00 bits per heavy atom. The molecule has 0 saturated heterocycles. The van der Waals surface area contributed by atoms with Gasteiger partial charge in [0, 0.05) is 25.0 Å². The smallest absolute Gasteiger partial charge is 0.256 e. The molecule has 0 aliphatic heterocycles. The van der Waals surface area contributed by atoms with Gasteiger partial charge < -0.3 is 21.7 Å². The molecule has 6 heteroatoms. The van der Waals surface area contributed by atoms with Crippen LogP contribution in [0.1, 0.15) is 17.3 Å². The lowest BCUT2D eigenvalue weighted by atomic mass is 10.1. The average molecular weight is 250 g/mol. The van der Waals surface area contributed by atoms with Crippen molar-refractivity contribution in [3.8, 4) is 0 Å². The van der Waals surface area contributed by atoms with Gasteiger partial charge in [0.05, 0.1) is 12.1 Å². The van der Waals surface area contributed by atoms with Gasteiger partial charge in [-0.25, -0.2) is 0 Å². The first kappa shape index (κ1) is 13.8. The molecule has 1 aromatic carbocycles. The summed E-state index contributed by atoms with van der Waals surface area (Å²) in [5.41, 5.74) is 12.4. The molecule has 0 aliphatic carbocycles. The van der Waals surface area contributed by atoms with Crippen molar-refractivity contribution in [1.82, 2.24) is 10.2 Å². The summed E-state index contributed by atoms with van der Waals surface area (Å²) in [6.45, 7) is 2.35. The Kier molecular flexibility index (Phi) is 4.53. The number of hydrogen-bond acceptors (Lipinski definition) is 4. The molecule has 0 spiro atoms. The molecule has 2 amide bonds. The maximum atomic E-state index is 12.0. The van der Waals surface area contributed by atoms with E-state index in [2.05, 4.69) is 5.32 Å². The van der Waals surface area contributed by atoms with Crippen LogP contribution in [0.15, 0.2) is 18.2 Å². The normalized spacial score (nSPS) is 9.89. The van der Waals surface area contributed by atoms with Crippen molar-refractivity contribution in [3.05, 3.63) is 23.8 Å². The molecule has 0 heterocycles. The van der Waals surface area contributed by atoms with Crippen LogP contribution in [0, 0.1) is 0 Å². The Bertz CT molecular complexity index is 459. The molecule has 0 fully saturated rings. The summed E-state index contributed by atoms with van der Waals surface area (Å²) in [4.78, 5) is 24.7. The first-order chi connectivity index (χ1) is 8.45. The lowest BCUT2D eigenvalue weighted by Gasteiger charge is -2.17. The van der Waals surface area contributed by atoms with Crippen molar-refractivity contribution in [2.75, 3.05) is 31.6 Å². The van der Waals surface area contributed by atoms with Crippen molar-refractivity contribution in [2.24, 2.45) is 0 Å². The number of nitrogens with two attached hydrogens (primary N) is 2. The minimum atomic E-state index is -0.307. The molecule has 0 aliphatic rings. The van der Waals surface area contributed by atoms with Crippen LogP contribution >= 0.6 is 0 Å². The van der Waals surface area contributed by atoms with Crippen LogP contribution in [0.5, 0.6) is 0 Å². The topological polar surface area (TPSA) is 101 Å². The largest absolute Gasteiger partial charge is 0.399 e. The van der Waals surface area contributed by atoms with Gasteiger partial charge in [-0.2, -0.15) is 0 Å². The molecule has 0 bridgehead atoms. The Balaban J connectivity index is 2.77. The summed E-state index contributed by atoms with van der Waals surface area (Å²) in [5, 5.41) is 2.62. The molecular formula is C12H18N4O2. The van der Waals surface area contributed by atoms with Crippen LogP contribution in [0.25, 0.3) is 0 Å². The summed E-state index contributed by atoms with van der Waals surface area (Å²) in [6.07, 6.45) is 0. The number of hydrogen-bond donors (Lipinski definition) is 3. The molecule has 5 N–H and O–H groups in total. The summed E-state index contributed by atoms with van der Waals surface area (Å²) in [5.74, 6) is -0.513. The Labute approximate surface area is 106 Å². The summed E-state index contributed by atoms with van der Waals surface area (Å²) in [6, 6.07) is 4.68. The van der Waals surface area contributed by atoms with Crippen molar-refractivity contribution in [3.63, 3.8) is 0 Å². The van der Waals surface area contributed by atoms with Crippen LogP contribution in [0.4, 0.5) is 11.4 Å². The van der Waals surface area contributed by atoms with Gasteiger partial charge in [0.25, 0.3) is 5.91 Å². The summed E-state index contributed by atoms with van der Waals surface area (Å²) >= 11 is 0. The van der Waals surface area contributed by atoms with E-state index in [9.17, 15) is 9.59 Å². The second-order valence-corrected chi connectivity index (χ2v) is 3.96. The average Bonchev–Trinajstić information content (AvgIpc) is 2.28. The zero-order valence-corrected chi connectivity index (χ0v) is 10.6. The highest BCUT2D eigenvalue weighted by Crippen LogP contribution is 2.17. The van der Waals surface area contributed by atoms with Crippen molar-refractivity contribution in [2.45, 2.75) is 6.92 Å². The van der Waals surface area contributed by atoms with E-state index in [1.54, 1.807) is 19.2 Å². The first-order valence-corrected chi connectivity index (χ1v) is 5.62. The molecule has 0 saturated carbocycles. The summed E-state index contributed by atoms with van der Waals surface area (Å²) < 4.78 is 0. The number of amides is 2. The molecule has 0 unspecified atom stereocenters. The monoisotopic (exact) mass is 250 g/mol. The molecule has 98 valence electrons. The zero-order chi connectivity index (χ0) is 13.7. The van der Waals surface area contributed by atoms with Gasteiger partial charge in [0.2, 0.25) is 5.91 Å². The second-order valence-electron chi connectivity index (χ2n) is 3.96. The standard InChI is InChI=1S/C12H18N4O2/c1-3-15-11(17)7-16(2)12(18)9-5-4-8(13)6-10(9)14/h4-6H,3,7,13-14H2,1-2H3,(H,15,17). The second kappa shape index (κ2) is 5.90. The number of carbonyl (C=O) groups is 2. The Hall–Kier alpha value is -2.24. The van der Waals surface area contributed by atoms with E-state index in [1.165, 1.54) is 11.0 Å². The van der Waals surface area contributed by atoms with Crippen molar-refractivity contribution >= 4 is 23.2 Å². The fraction of sp³-hybridized carbons (Fsp3) is 0.333.